The summed E-state index contributed by atoms with van der Waals surface area (Å²) < 4.78 is 26.3. The van der Waals surface area contributed by atoms with Crippen LogP contribution in [0.2, 0.25) is 0 Å². The van der Waals surface area contributed by atoms with Crippen LogP contribution in [0.1, 0.15) is 11.3 Å². The SMILES string of the molecule is Cc1ccn(S(=O)(=O)c2ccc(Br)c(C)c2)n1. The first-order valence-corrected chi connectivity index (χ1v) is 7.18. The van der Waals surface area contributed by atoms with E-state index in [4.69, 9.17) is 0 Å². The summed E-state index contributed by atoms with van der Waals surface area (Å²) in [6.07, 6.45) is 1.45. The first kappa shape index (κ1) is 12.3. The molecule has 0 spiro atoms. The molecule has 0 aliphatic heterocycles. The molecular weight excluding hydrogens is 304 g/mol. The minimum Gasteiger partial charge on any atom is -0.199 e. The average Bonchev–Trinajstić information content (AvgIpc) is 2.69. The number of aromatic nitrogens is 2. The monoisotopic (exact) mass is 314 g/mol. The maximum absolute atomic E-state index is 12.2. The third-order valence-corrected chi connectivity index (χ3v) is 4.81. The highest BCUT2D eigenvalue weighted by Gasteiger charge is 2.18. The number of rotatable bonds is 2. The fraction of sp³-hybridized carbons (Fsp3) is 0.182. The second-order valence-corrected chi connectivity index (χ2v) is 6.40. The Morgan fingerprint density at radius 1 is 1.24 bits per heavy atom. The molecule has 0 aliphatic rings. The van der Waals surface area contributed by atoms with Gasteiger partial charge in [-0.25, -0.2) is 0 Å². The lowest BCUT2D eigenvalue weighted by molar-refractivity contribution is 0.579. The lowest BCUT2D eigenvalue weighted by Crippen LogP contribution is -2.13. The lowest BCUT2D eigenvalue weighted by atomic mass is 10.2. The molecule has 4 nitrogen and oxygen atoms in total. The summed E-state index contributed by atoms with van der Waals surface area (Å²) in [5.74, 6) is 0. The van der Waals surface area contributed by atoms with Gasteiger partial charge >= 0.3 is 0 Å². The lowest BCUT2D eigenvalue weighted by Gasteiger charge is -2.06. The van der Waals surface area contributed by atoms with Crippen LogP contribution in [0.5, 0.6) is 0 Å². The molecule has 6 heteroatoms. The van der Waals surface area contributed by atoms with E-state index in [0.29, 0.717) is 5.69 Å². The van der Waals surface area contributed by atoms with Gasteiger partial charge in [-0.1, -0.05) is 15.9 Å². The maximum atomic E-state index is 12.2. The molecule has 17 heavy (non-hydrogen) atoms. The Morgan fingerprint density at radius 2 is 1.94 bits per heavy atom. The first-order chi connectivity index (χ1) is 7.91. The van der Waals surface area contributed by atoms with E-state index in [2.05, 4.69) is 21.0 Å². The molecule has 0 saturated heterocycles. The zero-order valence-electron chi connectivity index (χ0n) is 9.38. The van der Waals surface area contributed by atoms with Gasteiger partial charge in [-0.05, 0) is 43.7 Å². The van der Waals surface area contributed by atoms with Crippen LogP contribution in [0.25, 0.3) is 0 Å². The van der Waals surface area contributed by atoms with Crippen LogP contribution in [0.4, 0.5) is 0 Å². The van der Waals surface area contributed by atoms with Crippen molar-refractivity contribution in [2.24, 2.45) is 0 Å². The zero-order chi connectivity index (χ0) is 12.6. The first-order valence-electron chi connectivity index (χ1n) is 4.95. The van der Waals surface area contributed by atoms with Crippen molar-refractivity contribution in [2.45, 2.75) is 18.7 Å². The van der Waals surface area contributed by atoms with Crippen molar-refractivity contribution in [1.29, 1.82) is 0 Å². The van der Waals surface area contributed by atoms with Crippen molar-refractivity contribution in [2.75, 3.05) is 0 Å². The number of hydrogen-bond donors (Lipinski definition) is 0. The van der Waals surface area contributed by atoms with Gasteiger partial charge in [-0.2, -0.15) is 17.6 Å². The Balaban J connectivity index is 2.56. The molecule has 2 rings (SSSR count). The summed E-state index contributed by atoms with van der Waals surface area (Å²) in [5, 5.41) is 3.93. The molecule has 0 atom stereocenters. The number of nitrogens with zero attached hydrogens (tertiary/aromatic N) is 2. The Kier molecular flexibility index (Phi) is 3.09. The summed E-state index contributed by atoms with van der Waals surface area (Å²) >= 11 is 3.34. The molecule has 0 saturated carbocycles. The van der Waals surface area contributed by atoms with Gasteiger partial charge in [0.25, 0.3) is 10.0 Å². The van der Waals surface area contributed by atoms with Gasteiger partial charge in [0, 0.05) is 10.7 Å². The summed E-state index contributed by atoms with van der Waals surface area (Å²) in [5.41, 5.74) is 1.54. The average molecular weight is 315 g/mol. The summed E-state index contributed by atoms with van der Waals surface area (Å²) in [6.45, 7) is 3.59. The molecule has 1 aromatic carbocycles. The van der Waals surface area contributed by atoms with Gasteiger partial charge in [0.15, 0.2) is 0 Å². The summed E-state index contributed by atoms with van der Waals surface area (Å²) in [4.78, 5) is 0.237. The molecule has 0 bridgehead atoms. The number of hydrogen-bond acceptors (Lipinski definition) is 3. The number of halogens is 1. The molecule has 0 amide bonds. The molecule has 0 aliphatic carbocycles. The fourth-order valence-electron chi connectivity index (χ4n) is 1.41. The van der Waals surface area contributed by atoms with Crippen molar-refractivity contribution in [1.82, 2.24) is 9.19 Å². The van der Waals surface area contributed by atoms with Crippen molar-refractivity contribution < 1.29 is 8.42 Å². The van der Waals surface area contributed by atoms with E-state index in [1.54, 1.807) is 31.2 Å². The Hall–Kier alpha value is -1.14. The quantitative estimate of drug-likeness (QED) is 0.855. The number of benzene rings is 1. The van der Waals surface area contributed by atoms with Crippen LogP contribution in [-0.2, 0) is 10.0 Å². The minimum atomic E-state index is -3.57. The van der Waals surface area contributed by atoms with Crippen LogP contribution >= 0.6 is 15.9 Å². The van der Waals surface area contributed by atoms with E-state index in [9.17, 15) is 8.42 Å². The molecule has 0 radical (unpaired) electrons. The van der Waals surface area contributed by atoms with Gasteiger partial charge in [0.2, 0.25) is 0 Å². The van der Waals surface area contributed by atoms with Gasteiger partial charge in [0.05, 0.1) is 10.6 Å². The molecule has 2 aromatic rings. The Morgan fingerprint density at radius 3 is 2.47 bits per heavy atom. The van der Waals surface area contributed by atoms with Crippen LogP contribution in [0.3, 0.4) is 0 Å². The van der Waals surface area contributed by atoms with Crippen LogP contribution in [-0.4, -0.2) is 17.6 Å². The van der Waals surface area contributed by atoms with E-state index in [1.165, 1.54) is 6.20 Å². The highest BCUT2D eigenvalue weighted by Crippen LogP contribution is 2.21. The third kappa shape index (κ3) is 2.28. The van der Waals surface area contributed by atoms with Gasteiger partial charge in [0.1, 0.15) is 0 Å². The Bertz CT molecular complexity index is 662. The predicted molar refractivity (Wildman–Crippen MR) is 68.4 cm³/mol. The summed E-state index contributed by atoms with van der Waals surface area (Å²) in [7, 11) is -3.57. The second kappa shape index (κ2) is 4.27. The van der Waals surface area contributed by atoms with Crippen molar-refractivity contribution in [3.63, 3.8) is 0 Å². The molecular formula is C11H11BrN2O2S. The summed E-state index contributed by atoms with van der Waals surface area (Å²) in [6, 6.07) is 6.56. The molecule has 0 fully saturated rings. The molecule has 0 N–H and O–H groups in total. The van der Waals surface area contributed by atoms with E-state index in [-0.39, 0.29) is 4.90 Å². The normalized spacial score (nSPS) is 11.7. The van der Waals surface area contributed by atoms with Gasteiger partial charge in [-0.15, -0.1) is 0 Å². The van der Waals surface area contributed by atoms with E-state index in [1.807, 2.05) is 6.92 Å². The second-order valence-electron chi connectivity index (χ2n) is 3.75. The van der Waals surface area contributed by atoms with Gasteiger partial charge < -0.3 is 0 Å². The van der Waals surface area contributed by atoms with Crippen LogP contribution in [0.15, 0.2) is 39.8 Å². The largest absolute Gasteiger partial charge is 0.282 e. The highest BCUT2D eigenvalue weighted by atomic mass is 79.9. The van der Waals surface area contributed by atoms with E-state index >= 15 is 0 Å². The van der Waals surface area contributed by atoms with E-state index in [0.717, 1.165) is 14.1 Å². The predicted octanol–water partition coefficient (Wildman–Crippen LogP) is 2.50. The zero-order valence-corrected chi connectivity index (χ0v) is 11.8. The highest BCUT2D eigenvalue weighted by molar-refractivity contribution is 9.10. The van der Waals surface area contributed by atoms with E-state index < -0.39 is 10.0 Å². The smallest absolute Gasteiger partial charge is 0.199 e. The number of aryl methyl sites for hydroxylation is 2. The third-order valence-electron chi connectivity index (χ3n) is 2.37. The molecule has 90 valence electrons. The van der Waals surface area contributed by atoms with Gasteiger partial charge in [-0.3, -0.25) is 0 Å². The van der Waals surface area contributed by atoms with Crippen LogP contribution < -0.4 is 0 Å². The fourth-order valence-corrected chi connectivity index (χ4v) is 2.90. The van der Waals surface area contributed by atoms with Crippen molar-refractivity contribution in [3.8, 4) is 0 Å². The Labute approximate surface area is 108 Å². The molecule has 1 heterocycles. The van der Waals surface area contributed by atoms with Crippen LogP contribution in [0, 0.1) is 13.8 Å². The maximum Gasteiger partial charge on any atom is 0.282 e. The van der Waals surface area contributed by atoms with Crippen molar-refractivity contribution >= 4 is 26.0 Å². The standard InChI is InChI=1S/C11H11BrN2O2S/c1-8-7-10(3-4-11(8)12)17(15,16)14-6-5-9(2)13-14/h3-7H,1-2H3. The topological polar surface area (TPSA) is 52.0 Å². The molecule has 1 aromatic heterocycles. The minimum absolute atomic E-state index is 0.237. The van der Waals surface area contributed by atoms with Crippen molar-refractivity contribution in [3.05, 3.63) is 46.2 Å². The molecule has 0 unspecified atom stereocenters.